The van der Waals surface area contributed by atoms with Gasteiger partial charge in [0, 0.05) is 28.2 Å². The van der Waals surface area contributed by atoms with Crippen LogP contribution in [0.5, 0.6) is 0 Å². The van der Waals surface area contributed by atoms with E-state index >= 15 is 0 Å². The molecule has 2 rings (SSSR count). The number of halogens is 3. The topological polar surface area (TPSA) is 86.8 Å². The number of rotatable bonds is 10. The highest BCUT2D eigenvalue weighted by atomic mass is 35.5. The van der Waals surface area contributed by atoms with E-state index in [1.54, 1.807) is 44.2 Å². The van der Waals surface area contributed by atoms with Crippen LogP contribution < -0.4 is 9.62 Å². The highest BCUT2D eigenvalue weighted by Gasteiger charge is 2.30. The van der Waals surface area contributed by atoms with E-state index < -0.39 is 28.5 Å². The van der Waals surface area contributed by atoms with Crippen molar-refractivity contribution in [1.82, 2.24) is 10.2 Å². The van der Waals surface area contributed by atoms with E-state index in [1.807, 2.05) is 6.92 Å². The van der Waals surface area contributed by atoms with Crippen molar-refractivity contribution < 1.29 is 18.0 Å². The highest BCUT2D eigenvalue weighted by Crippen LogP contribution is 2.26. The van der Waals surface area contributed by atoms with E-state index in [0.29, 0.717) is 27.2 Å². The first-order valence-corrected chi connectivity index (χ1v) is 13.6. The summed E-state index contributed by atoms with van der Waals surface area (Å²) in [5.41, 5.74) is 1.59. The first kappa shape index (κ1) is 28.2. The molecule has 0 radical (unpaired) electrons. The highest BCUT2D eigenvalue weighted by molar-refractivity contribution is 7.92. The van der Waals surface area contributed by atoms with Crippen molar-refractivity contribution in [3.8, 4) is 0 Å². The molecule has 11 heteroatoms. The molecule has 0 fully saturated rings. The molecule has 1 N–H and O–H groups in total. The van der Waals surface area contributed by atoms with Crippen molar-refractivity contribution in [1.29, 1.82) is 0 Å². The molecule has 0 aromatic heterocycles. The van der Waals surface area contributed by atoms with Crippen molar-refractivity contribution in [2.45, 2.75) is 39.8 Å². The van der Waals surface area contributed by atoms with Gasteiger partial charge in [-0.25, -0.2) is 8.42 Å². The Bertz CT molecular complexity index is 1160. The van der Waals surface area contributed by atoms with Crippen molar-refractivity contribution in [2.24, 2.45) is 0 Å². The lowest BCUT2D eigenvalue weighted by Crippen LogP contribution is -2.51. The molecule has 0 aliphatic carbocycles. The monoisotopic (exact) mass is 547 g/mol. The Morgan fingerprint density at radius 3 is 2.29 bits per heavy atom. The maximum Gasteiger partial charge on any atom is 0.244 e. The smallest absolute Gasteiger partial charge is 0.244 e. The van der Waals surface area contributed by atoms with Crippen LogP contribution in [0.1, 0.15) is 31.4 Å². The fourth-order valence-electron chi connectivity index (χ4n) is 3.16. The molecule has 7 nitrogen and oxygen atoms in total. The fraction of sp³-hybridized carbons (Fsp3) is 0.391. The van der Waals surface area contributed by atoms with Crippen molar-refractivity contribution in [3.63, 3.8) is 0 Å². The van der Waals surface area contributed by atoms with Crippen LogP contribution in [0.2, 0.25) is 15.1 Å². The summed E-state index contributed by atoms with van der Waals surface area (Å²) in [6.07, 6.45) is 1.73. The standard InChI is InChI=1S/C23H28Cl3N3O4S/c1-5-10-27-23(31)16(3)28(13-17-7-8-18(24)11-21(17)26)22(30)14-29(34(4,32)33)19-9-6-15(2)20(25)12-19/h6-9,11-12,16H,5,10,13-14H2,1-4H3,(H,27,31)/t16-/m1/s1. The fourth-order valence-corrected chi connectivity index (χ4v) is 4.65. The molecule has 2 aromatic rings. The molecule has 0 bridgehead atoms. The number of hydrogen-bond donors (Lipinski definition) is 1. The van der Waals surface area contributed by atoms with Gasteiger partial charge in [0.1, 0.15) is 12.6 Å². The summed E-state index contributed by atoms with van der Waals surface area (Å²) in [5, 5.41) is 3.90. The Balaban J connectivity index is 2.42. The number of nitrogens with one attached hydrogen (secondary N) is 1. The molecule has 2 amide bonds. The van der Waals surface area contributed by atoms with Crippen molar-refractivity contribution >= 4 is 62.3 Å². The average molecular weight is 549 g/mol. The Morgan fingerprint density at radius 2 is 1.74 bits per heavy atom. The van der Waals surface area contributed by atoms with Crippen LogP contribution in [0.25, 0.3) is 0 Å². The van der Waals surface area contributed by atoms with Gasteiger partial charge < -0.3 is 10.2 Å². The second-order valence-electron chi connectivity index (χ2n) is 7.93. The zero-order valence-electron chi connectivity index (χ0n) is 19.4. The number of carbonyl (C=O) groups excluding carboxylic acids is 2. The quantitative estimate of drug-likeness (QED) is 0.468. The van der Waals surface area contributed by atoms with Gasteiger partial charge >= 0.3 is 0 Å². The van der Waals surface area contributed by atoms with E-state index in [-0.39, 0.29) is 18.1 Å². The third kappa shape index (κ3) is 7.50. The van der Waals surface area contributed by atoms with E-state index in [1.165, 1.54) is 11.0 Å². The minimum atomic E-state index is -3.84. The number of benzene rings is 2. The maximum absolute atomic E-state index is 13.5. The van der Waals surface area contributed by atoms with Gasteiger partial charge in [-0.05, 0) is 55.7 Å². The van der Waals surface area contributed by atoms with E-state index in [2.05, 4.69) is 5.32 Å². The SMILES string of the molecule is CCCNC(=O)[C@@H](C)N(Cc1ccc(Cl)cc1Cl)C(=O)CN(c1ccc(C)c(Cl)c1)S(C)(=O)=O. The second kappa shape index (κ2) is 12.1. The second-order valence-corrected chi connectivity index (χ2v) is 11.1. The normalized spacial score (nSPS) is 12.2. The van der Waals surface area contributed by atoms with E-state index in [0.717, 1.165) is 22.5 Å². The van der Waals surface area contributed by atoms with Crippen LogP contribution >= 0.6 is 34.8 Å². The zero-order valence-corrected chi connectivity index (χ0v) is 22.5. The number of anilines is 1. The van der Waals surface area contributed by atoms with Crippen LogP contribution in [0.15, 0.2) is 36.4 Å². The molecule has 0 spiro atoms. The summed E-state index contributed by atoms with van der Waals surface area (Å²) < 4.78 is 26.1. The van der Waals surface area contributed by atoms with Crippen LogP contribution in [-0.4, -0.2) is 50.5 Å². The summed E-state index contributed by atoms with van der Waals surface area (Å²) >= 11 is 18.5. The van der Waals surface area contributed by atoms with Crippen molar-refractivity contribution in [2.75, 3.05) is 23.7 Å². The summed E-state index contributed by atoms with van der Waals surface area (Å²) in [6.45, 7) is 5.20. The number of nitrogens with zero attached hydrogens (tertiary/aromatic N) is 2. The van der Waals surface area contributed by atoms with Crippen LogP contribution in [0.3, 0.4) is 0 Å². The maximum atomic E-state index is 13.5. The molecule has 2 aromatic carbocycles. The predicted molar refractivity (Wildman–Crippen MR) is 138 cm³/mol. The molecule has 0 aliphatic rings. The van der Waals surface area contributed by atoms with Gasteiger partial charge in [0.25, 0.3) is 0 Å². The minimum absolute atomic E-state index is 0.0121. The van der Waals surface area contributed by atoms with Crippen LogP contribution in [0, 0.1) is 6.92 Å². The first-order chi connectivity index (χ1) is 15.8. The third-order valence-corrected chi connectivity index (χ3v) is 7.33. The molecular weight excluding hydrogens is 521 g/mol. The van der Waals surface area contributed by atoms with E-state index in [9.17, 15) is 18.0 Å². The number of sulfonamides is 1. The number of carbonyl (C=O) groups is 2. The number of amides is 2. The van der Waals surface area contributed by atoms with Gasteiger partial charge in [-0.15, -0.1) is 0 Å². The summed E-state index contributed by atoms with van der Waals surface area (Å²) in [6, 6.07) is 8.69. The lowest BCUT2D eigenvalue weighted by atomic mass is 10.1. The van der Waals surface area contributed by atoms with Gasteiger partial charge in [-0.2, -0.15) is 0 Å². The van der Waals surface area contributed by atoms with Gasteiger partial charge in [0.05, 0.1) is 11.9 Å². The van der Waals surface area contributed by atoms with Gasteiger partial charge in [-0.1, -0.05) is 53.9 Å². The van der Waals surface area contributed by atoms with Crippen LogP contribution in [0.4, 0.5) is 5.69 Å². The Hall–Kier alpha value is -2.00. The molecule has 0 unspecified atom stereocenters. The molecule has 0 saturated heterocycles. The average Bonchev–Trinajstić information content (AvgIpc) is 2.75. The largest absolute Gasteiger partial charge is 0.354 e. The lowest BCUT2D eigenvalue weighted by molar-refractivity contribution is -0.139. The zero-order chi connectivity index (χ0) is 25.6. The Kier molecular flexibility index (Phi) is 10.1. The summed E-state index contributed by atoms with van der Waals surface area (Å²) in [4.78, 5) is 27.5. The van der Waals surface area contributed by atoms with Crippen molar-refractivity contribution in [3.05, 3.63) is 62.6 Å². The van der Waals surface area contributed by atoms with Gasteiger partial charge in [-0.3, -0.25) is 13.9 Å². The van der Waals surface area contributed by atoms with Gasteiger partial charge in [0.2, 0.25) is 21.8 Å². The summed E-state index contributed by atoms with van der Waals surface area (Å²) in [7, 11) is -3.84. The minimum Gasteiger partial charge on any atom is -0.354 e. The lowest BCUT2D eigenvalue weighted by Gasteiger charge is -2.31. The molecule has 34 heavy (non-hydrogen) atoms. The van der Waals surface area contributed by atoms with Gasteiger partial charge in [0.15, 0.2) is 0 Å². The Labute approximate surface area is 216 Å². The third-order valence-electron chi connectivity index (χ3n) is 5.19. The Morgan fingerprint density at radius 1 is 1.06 bits per heavy atom. The number of aryl methyl sites for hydroxylation is 1. The summed E-state index contributed by atoms with van der Waals surface area (Å²) in [5.74, 6) is -0.933. The van der Waals surface area contributed by atoms with Crippen LogP contribution in [-0.2, 0) is 26.2 Å². The molecule has 0 heterocycles. The first-order valence-electron chi connectivity index (χ1n) is 10.6. The number of hydrogen-bond acceptors (Lipinski definition) is 4. The molecule has 0 saturated carbocycles. The predicted octanol–water partition coefficient (Wildman–Crippen LogP) is 4.66. The molecule has 0 aliphatic heterocycles. The molecule has 1 atom stereocenters. The van der Waals surface area contributed by atoms with E-state index in [4.69, 9.17) is 34.8 Å². The molecule has 186 valence electrons. The molecular formula is C23H28Cl3N3O4S.